The summed E-state index contributed by atoms with van der Waals surface area (Å²) >= 11 is 0. The molecule has 0 saturated carbocycles. The standard InChI is InChI=1S/C56H34N2/c1-3-16-43-38(12-1)33-52(48-21-7-5-18-45(43)48)41-29-40(30-42(31-41)53-34-39-13-2-4-17-44(39)46-19-6-8-22-49(46)53)36-15-11-14-35(28-36)37-24-25-50-47-20-9-10-23-51(47)55-56(54(50)32-37)58-27-26-57-55/h1-34H. The smallest absolute Gasteiger partial charge is 0.0971 e. The molecule has 0 bridgehead atoms. The van der Waals surface area contributed by atoms with Crippen molar-refractivity contribution in [3.05, 3.63) is 207 Å². The van der Waals surface area contributed by atoms with E-state index in [1.807, 2.05) is 0 Å². The van der Waals surface area contributed by atoms with Crippen LogP contribution in [0.4, 0.5) is 0 Å². The molecule has 0 saturated heterocycles. The van der Waals surface area contributed by atoms with Crippen LogP contribution < -0.4 is 0 Å². The second-order valence-corrected chi connectivity index (χ2v) is 15.3. The fourth-order valence-corrected chi connectivity index (χ4v) is 9.38. The Balaban J connectivity index is 1.10. The summed E-state index contributed by atoms with van der Waals surface area (Å²) in [6, 6.07) is 71.4. The summed E-state index contributed by atoms with van der Waals surface area (Å²) in [4.78, 5) is 9.65. The summed E-state index contributed by atoms with van der Waals surface area (Å²) in [6.07, 6.45) is 3.59. The topological polar surface area (TPSA) is 25.8 Å². The minimum atomic E-state index is 0.928. The monoisotopic (exact) mass is 734 g/mol. The van der Waals surface area contributed by atoms with E-state index in [-0.39, 0.29) is 0 Å². The average molecular weight is 735 g/mol. The maximum absolute atomic E-state index is 4.85. The molecule has 12 rings (SSSR count). The van der Waals surface area contributed by atoms with Crippen molar-refractivity contribution in [1.82, 2.24) is 9.97 Å². The maximum atomic E-state index is 4.85. The zero-order valence-electron chi connectivity index (χ0n) is 31.5. The SMILES string of the molecule is c1cc(-c2cc(-c3cc4ccccc4c4ccccc34)cc(-c3cc4ccccc4c4ccccc34)c2)cc(-c2ccc3c4ccccc4c4nccnc4c3c2)c1. The van der Waals surface area contributed by atoms with Crippen LogP contribution in [0.5, 0.6) is 0 Å². The zero-order valence-corrected chi connectivity index (χ0v) is 31.5. The highest BCUT2D eigenvalue weighted by atomic mass is 14.8. The summed E-state index contributed by atoms with van der Waals surface area (Å²) in [5.74, 6) is 0. The number of hydrogen-bond acceptors (Lipinski definition) is 2. The second kappa shape index (κ2) is 12.9. The van der Waals surface area contributed by atoms with E-state index >= 15 is 0 Å². The molecule has 0 spiro atoms. The van der Waals surface area contributed by atoms with Gasteiger partial charge in [0, 0.05) is 23.2 Å². The van der Waals surface area contributed by atoms with Crippen molar-refractivity contribution in [3.8, 4) is 44.5 Å². The van der Waals surface area contributed by atoms with Crippen molar-refractivity contribution in [2.75, 3.05) is 0 Å². The van der Waals surface area contributed by atoms with Gasteiger partial charge in [0.2, 0.25) is 0 Å². The Morgan fingerprint density at radius 1 is 0.224 bits per heavy atom. The van der Waals surface area contributed by atoms with Crippen LogP contribution in [0.2, 0.25) is 0 Å². The molecular formula is C56H34N2. The summed E-state index contributed by atoms with van der Waals surface area (Å²) < 4.78 is 0. The molecule has 0 atom stereocenters. The first-order valence-electron chi connectivity index (χ1n) is 19.9. The Kier molecular flexibility index (Phi) is 7.26. The first-order valence-corrected chi connectivity index (χ1v) is 19.9. The summed E-state index contributed by atoms with van der Waals surface area (Å²) in [5, 5.41) is 14.7. The molecule has 0 aliphatic heterocycles. The molecule has 11 aromatic carbocycles. The minimum absolute atomic E-state index is 0.928. The van der Waals surface area contributed by atoms with Crippen LogP contribution in [-0.2, 0) is 0 Å². The molecule has 0 aliphatic rings. The first kappa shape index (κ1) is 32.6. The van der Waals surface area contributed by atoms with Gasteiger partial charge in [-0.15, -0.1) is 0 Å². The predicted octanol–water partition coefficient (Wildman–Crippen LogP) is 15.2. The summed E-state index contributed by atoms with van der Waals surface area (Å²) in [7, 11) is 0. The molecular weight excluding hydrogens is 701 g/mol. The van der Waals surface area contributed by atoms with Gasteiger partial charge in [-0.1, -0.05) is 152 Å². The fourth-order valence-electron chi connectivity index (χ4n) is 9.38. The van der Waals surface area contributed by atoms with Gasteiger partial charge in [-0.05, 0) is 141 Å². The van der Waals surface area contributed by atoms with E-state index < -0.39 is 0 Å². The Bertz CT molecular complexity index is 3460. The minimum Gasteiger partial charge on any atom is -0.252 e. The van der Waals surface area contributed by atoms with Gasteiger partial charge >= 0.3 is 0 Å². The van der Waals surface area contributed by atoms with Crippen molar-refractivity contribution < 1.29 is 0 Å². The predicted molar refractivity (Wildman–Crippen MR) is 246 cm³/mol. The molecule has 2 heteroatoms. The second-order valence-electron chi connectivity index (χ2n) is 15.3. The van der Waals surface area contributed by atoms with Crippen LogP contribution in [0.25, 0.3) is 120 Å². The molecule has 0 unspecified atom stereocenters. The molecule has 268 valence electrons. The fraction of sp³-hybridized carbons (Fsp3) is 0. The lowest BCUT2D eigenvalue weighted by atomic mass is 9.87. The third-order valence-corrected chi connectivity index (χ3v) is 12.1. The summed E-state index contributed by atoms with van der Waals surface area (Å²) in [6.45, 7) is 0. The lowest BCUT2D eigenvalue weighted by Crippen LogP contribution is -1.91. The number of rotatable bonds is 4. The van der Waals surface area contributed by atoms with Crippen molar-refractivity contribution in [2.24, 2.45) is 0 Å². The Morgan fingerprint density at radius 3 is 1.21 bits per heavy atom. The van der Waals surface area contributed by atoms with Crippen molar-refractivity contribution in [1.29, 1.82) is 0 Å². The van der Waals surface area contributed by atoms with Gasteiger partial charge in [0.25, 0.3) is 0 Å². The lowest BCUT2D eigenvalue weighted by molar-refractivity contribution is 1.31. The van der Waals surface area contributed by atoms with Crippen LogP contribution in [-0.4, -0.2) is 9.97 Å². The normalized spacial score (nSPS) is 11.8. The molecule has 0 N–H and O–H groups in total. The lowest BCUT2D eigenvalue weighted by Gasteiger charge is -2.17. The number of fused-ring (bicyclic) bond motifs is 12. The Labute approximate surface area is 335 Å². The van der Waals surface area contributed by atoms with E-state index in [1.165, 1.54) is 87.2 Å². The van der Waals surface area contributed by atoms with Gasteiger partial charge in [0.1, 0.15) is 0 Å². The molecule has 2 nitrogen and oxygen atoms in total. The third kappa shape index (κ3) is 5.12. The highest BCUT2D eigenvalue weighted by Crippen LogP contribution is 2.43. The quantitative estimate of drug-likeness (QED) is 0.168. The van der Waals surface area contributed by atoms with Gasteiger partial charge in [-0.25, -0.2) is 0 Å². The van der Waals surface area contributed by atoms with E-state index in [9.17, 15) is 0 Å². The third-order valence-electron chi connectivity index (χ3n) is 12.1. The van der Waals surface area contributed by atoms with E-state index in [4.69, 9.17) is 9.97 Å². The van der Waals surface area contributed by atoms with Crippen LogP contribution in [0.15, 0.2) is 207 Å². The van der Waals surface area contributed by atoms with E-state index in [2.05, 4.69) is 194 Å². The van der Waals surface area contributed by atoms with Crippen LogP contribution in [0, 0.1) is 0 Å². The molecule has 58 heavy (non-hydrogen) atoms. The van der Waals surface area contributed by atoms with Gasteiger partial charge in [0.05, 0.1) is 11.0 Å². The van der Waals surface area contributed by atoms with Crippen molar-refractivity contribution in [3.63, 3.8) is 0 Å². The van der Waals surface area contributed by atoms with Crippen LogP contribution >= 0.6 is 0 Å². The van der Waals surface area contributed by atoms with E-state index in [1.54, 1.807) is 12.4 Å². The molecule has 0 amide bonds. The van der Waals surface area contributed by atoms with E-state index in [0.717, 1.165) is 32.9 Å². The number of benzene rings is 11. The average Bonchev–Trinajstić information content (AvgIpc) is 3.31. The van der Waals surface area contributed by atoms with Crippen LogP contribution in [0.3, 0.4) is 0 Å². The molecule has 1 heterocycles. The molecule has 12 aromatic rings. The Morgan fingerprint density at radius 2 is 0.621 bits per heavy atom. The van der Waals surface area contributed by atoms with Crippen molar-refractivity contribution >= 4 is 75.7 Å². The van der Waals surface area contributed by atoms with Crippen molar-refractivity contribution in [2.45, 2.75) is 0 Å². The van der Waals surface area contributed by atoms with E-state index in [0.29, 0.717) is 0 Å². The zero-order chi connectivity index (χ0) is 38.2. The van der Waals surface area contributed by atoms with Gasteiger partial charge in [-0.2, -0.15) is 0 Å². The van der Waals surface area contributed by atoms with Gasteiger partial charge in [-0.3, -0.25) is 9.97 Å². The number of aromatic nitrogens is 2. The molecule has 1 aromatic heterocycles. The highest BCUT2D eigenvalue weighted by Gasteiger charge is 2.16. The molecule has 0 fully saturated rings. The van der Waals surface area contributed by atoms with Gasteiger partial charge in [0.15, 0.2) is 0 Å². The molecule has 0 radical (unpaired) electrons. The first-order chi connectivity index (χ1) is 28.7. The Hall–Kier alpha value is -7.68. The summed E-state index contributed by atoms with van der Waals surface area (Å²) in [5.41, 5.74) is 11.4. The van der Waals surface area contributed by atoms with Gasteiger partial charge < -0.3 is 0 Å². The number of hydrogen-bond donors (Lipinski definition) is 0. The highest BCUT2D eigenvalue weighted by molar-refractivity contribution is 6.23. The molecule has 0 aliphatic carbocycles. The van der Waals surface area contributed by atoms with Crippen LogP contribution in [0.1, 0.15) is 0 Å². The number of nitrogens with zero attached hydrogens (tertiary/aromatic N) is 2. The maximum Gasteiger partial charge on any atom is 0.0971 e. The largest absolute Gasteiger partial charge is 0.252 e.